The predicted molar refractivity (Wildman–Crippen MR) is 234 cm³/mol. The summed E-state index contributed by atoms with van der Waals surface area (Å²) in [4.78, 5) is 25.8. The maximum atomic E-state index is 12.9. The van der Waals surface area contributed by atoms with Crippen molar-refractivity contribution in [1.29, 1.82) is 0 Å². The highest BCUT2D eigenvalue weighted by atomic mass is 35.5. The predicted octanol–water partition coefficient (Wildman–Crippen LogP) is 13.1. The molecule has 57 heavy (non-hydrogen) atoms. The summed E-state index contributed by atoms with van der Waals surface area (Å²) in [5.41, 5.74) is 0. The van der Waals surface area contributed by atoms with E-state index in [2.05, 4.69) is 27.7 Å². The molecule has 2 unspecified atom stereocenters. The van der Waals surface area contributed by atoms with Crippen molar-refractivity contribution in [3.8, 4) is 11.5 Å². The summed E-state index contributed by atoms with van der Waals surface area (Å²) in [6.45, 7) is 10.7. The highest BCUT2D eigenvalue weighted by Gasteiger charge is 2.23. The van der Waals surface area contributed by atoms with Crippen LogP contribution in [0.4, 0.5) is 0 Å². The monoisotopic (exact) mass is 812 g/mol. The Labute approximate surface area is 349 Å². The second-order valence-electron chi connectivity index (χ2n) is 15.3. The highest BCUT2D eigenvalue weighted by Crippen LogP contribution is 2.44. The molecule has 9 heteroatoms. The number of benzene rings is 3. The van der Waals surface area contributed by atoms with E-state index in [-0.39, 0.29) is 38.4 Å². The Hall–Kier alpha value is -3.07. The summed E-state index contributed by atoms with van der Waals surface area (Å²) in [5, 5.41) is 3.80. The standard InChI is InChI=1S/C48H73ClO8/c1-5-9-13-15-17-23-31-52-34-39(56-45(50)27-19-11-7-3)36-54-47-41-25-21-22-26-42(41)48(44-33-38(49)29-30-43(44)47)55-37-40(57-46(51)28-20-12-8-4)35-53-32-24-18-16-14-10-6-2/h21-22,25-26,29-30,33,39-40H,5-20,23-24,27-28,31-32,34-37H2,1-4H3. The molecule has 0 spiro atoms. The lowest BCUT2D eigenvalue weighted by atomic mass is 10.0. The SMILES string of the molecule is CCCCCCCCOCC(COc1c2ccccc2c(OCC(COCCCCCCCC)OC(=O)CCCCC)c2cc(Cl)ccc12)OC(=O)CCCCC. The lowest BCUT2D eigenvalue weighted by Crippen LogP contribution is -2.30. The van der Waals surface area contributed by atoms with Gasteiger partial charge in [0.1, 0.15) is 24.7 Å². The molecule has 0 aliphatic rings. The molecular formula is C48H73ClO8. The van der Waals surface area contributed by atoms with Crippen LogP contribution in [0.3, 0.4) is 0 Å². The van der Waals surface area contributed by atoms with Crippen LogP contribution in [0, 0.1) is 0 Å². The quantitative estimate of drug-likeness (QED) is 0.0335. The molecule has 0 aliphatic carbocycles. The van der Waals surface area contributed by atoms with Gasteiger partial charge in [0.25, 0.3) is 0 Å². The minimum Gasteiger partial charge on any atom is -0.488 e. The molecule has 0 saturated heterocycles. The first-order valence-corrected chi connectivity index (χ1v) is 22.7. The summed E-state index contributed by atoms with van der Waals surface area (Å²) in [5.74, 6) is 0.800. The van der Waals surface area contributed by atoms with Crippen molar-refractivity contribution in [2.75, 3.05) is 39.6 Å². The van der Waals surface area contributed by atoms with Crippen LogP contribution in [0.2, 0.25) is 5.02 Å². The summed E-state index contributed by atoms with van der Waals surface area (Å²) in [6, 6.07) is 13.6. The van der Waals surface area contributed by atoms with E-state index >= 15 is 0 Å². The number of ether oxygens (including phenoxy) is 6. The fourth-order valence-electron chi connectivity index (χ4n) is 6.89. The molecule has 0 fully saturated rings. The smallest absolute Gasteiger partial charge is 0.306 e. The number of fused-ring (bicyclic) bond motifs is 2. The second kappa shape index (κ2) is 30.0. The second-order valence-corrected chi connectivity index (χ2v) is 15.8. The van der Waals surface area contributed by atoms with Crippen LogP contribution in [0.1, 0.15) is 156 Å². The first kappa shape index (κ1) is 48.3. The van der Waals surface area contributed by atoms with Gasteiger partial charge in [-0.05, 0) is 43.9 Å². The fraction of sp³-hybridized carbons (Fsp3) is 0.667. The zero-order valence-electron chi connectivity index (χ0n) is 35.7. The lowest BCUT2D eigenvalue weighted by molar-refractivity contribution is -0.155. The molecule has 0 amide bonds. The minimum atomic E-state index is -0.577. The third-order valence-corrected chi connectivity index (χ3v) is 10.4. The molecule has 0 radical (unpaired) electrons. The molecule has 0 bridgehead atoms. The number of unbranched alkanes of at least 4 members (excludes halogenated alkanes) is 14. The van der Waals surface area contributed by atoms with Gasteiger partial charge in [-0.25, -0.2) is 0 Å². The molecule has 0 saturated carbocycles. The molecule has 2 atom stereocenters. The molecule has 8 nitrogen and oxygen atoms in total. The van der Waals surface area contributed by atoms with E-state index < -0.39 is 12.2 Å². The van der Waals surface area contributed by atoms with E-state index in [0.717, 1.165) is 85.8 Å². The molecule has 0 aromatic heterocycles. The largest absolute Gasteiger partial charge is 0.488 e. The van der Waals surface area contributed by atoms with Crippen LogP contribution in [-0.2, 0) is 28.5 Å². The number of hydrogen-bond acceptors (Lipinski definition) is 8. The van der Waals surface area contributed by atoms with Crippen molar-refractivity contribution in [2.45, 2.75) is 168 Å². The first-order chi connectivity index (χ1) is 27.9. The van der Waals surface area contributed by atoms with E-state index in [1.807, 2.05) is 42.5 Å². The van der Waals surface area contributed by atoms with Gasteiger partial charge in [-0.2, -0.15) is 0 Å². The number of hydrogen-bond donors (Lipinski definition) is 0. The van der Waals surface area contributed by atoms with E-state index in [1.54, 1.807) is 0 Å². The number of carbonyl (C=O) groups is 2. The Morgan fingerprint density at radius 2 is 0.895 bits per heavy atom. The van der Waals surface area contributed by atoms with Crippen LogP contribution in [0.15, 0.2) is 42.5 Å². The van der Waals surface area contributed by atoms with Crippen molar-refractivity contribution >= 4 is 45.1 Å². The Morgan fingerprint density at radius 1 is 0.491 bits per heavy atom. The van der Waals surface area contributed by atoms with Crippen molar-refractivity contribution in [2.24, 2.45) is 0 Å². The molecule has 3 rings (SSSR count). The zero-order chi connectivity index (χ0) is 40.9. The Kier molecular flexibility index (Phi) is 25.5. The number of carbonyl (C=O) groups excluding carboxylic acids is 2. The average Bonchev–Trinajstić information content (AvgIpc) is 3.20. The summed E-state index contributed by atoms with van der Waals surface area (Å²) in [7, 11) is 0. The van der Waals surface area contributed by atoms with E-state index in [0.29, 0.717) is 42.6 Å². The Bertz CT molecular complexity index is 1540. The van der Waals surface area contributed by atoms with Crippen molar-refractivity contribution in [1.82, 2.24) is 0 Å². The highest BCUT2D eigenvalue weighted by molar-refractivity contribution is 6.31. The van der Waals surface area contributed by atoms with Crippen LogP contribution >= 0.6 is 11.6 Å². The molecular weight excluding hydrogens is 740 g/mol. The molecule has 0 aliphatic heterocycles. The molecule has 3 aromatic rings. The molecule has 320 valence electrons. The lowest BCUT2D eigenvalue weighted by Gasteiger charge is -2.23. The first-order valence-electron chi connectivity index (χ1n) is 22.4. The van der Waals surface area contributed by atoms with Gasteiger partial charge in [-0.3, -0.25) is 9.59 Å². The maximum absolute atomic E-state index is 12.9. The van der Waals surface area contributed by atoms with Gasteiger partial charge in [0.15, 0.2) is 12.2 Å². The van der Waals surface area contributed by atoms with E-state index in [1.165, 1.54) is 51.4 Å². The summed E-state index contributed by atoms with van der Waals surface area (Å²) in [6.07, 6.45) is 19.3. The number of halogens is 1. The van der Waals surface area contributed by atoms with Gasteiger partial charge in [-0.1, -0.05) is 153 Å². The van der Waals surface area contributed by atoms with Crippen molar-refractivity contribution in [3.05, 3.63) is 47.5 Å². The fourth-order valence-corrected chi connectivity index (χ4v) is 7.07. The minimum absolute atomic E-state index is 0.119. The van der Waals surface area contributed by atoms with Crippen LogP contribution in [0.25, 0.3) is 21.5 Å². The van der Waals surface area contributed by atoms with Gasteiger partial charge >= 0.3 is 11.9 Å². The summed E-state index contributed by atoms with van der Waals surface area (Å²) < 4.78 is 37.3. The average molecular weight is 814 g/mol. The van der Waals surface area contributed by atoms with Crippen LogP contribution in [0.5, 0.6) is 11.5 Å². The molecule has 0 heterocycles. The Balaban J connectivity index is 1.81. The van der Waals surface area contributed by atoms with E-state index in [4.69, 9.17) is 40.0 Å². The molecule has 3 aromatic carbocycles. The number of esters is 2. The van der Waals surface area contributed by atoms with Crippen molar-refractivity contribution < 1.29 is 38.0 Å². The van der Waals surface area contributed by atoms with E-state index in [9.17, 15) is 9.59 Å². The van der Waals surface area contributed by atoms with Gasteiger partial charge in [0, 0.05) is 52.6 Å². The van der Waals surface area contributed by atoms with Crippen LogP contribution < -0.4 is 9.47 Å². The van der Waals surface area contributed by atoms with Crippen molar-refractivity contribution in [3.63, 3.8) is 0 Å². The third-order valence-electron chi connectivity index (χ3n) is 10.2. The third kappa shape index (κ3) is 19.0. The number of rotatable bonds is 34. The van der Waals surface area contributed by atoms with Crippen LogP contribution in [-0.4, -0.2) is 63.8 Å². The van der Waals surface area contributed by atoms with Gasteiger partial charge < -0.3 is 28.4 Å². The van der Waals surface area contributed by atoms with Gasteiger partial charge in [0.05, 0.1) is 13.2 Å². The topological polar surface area (TPSA) is 89.5 Å². The normalized spacial score (nSPS) is 12.5. The zero-order valence-corrected chi connectivity index (χ0v) is 36.5. The summed E-state index contributed by atoms with van der Waals surface area (Å²) >= 11 is 6.62. The Morgan fingerprint density at radius 3 is 1.37 bits per heavy atom. The maximum Gasteiger partial charge on any atom is 0.306 e. The van der Waals surface area contributed by atoms with Gasteiger partial charge in [-0.15, -0.1) is 0 Å². The van der Waals surface area contributed by atoms with Gasteiger partial charge in [0.2, 0.25) is 0 Å². The molecule has 0 N–H and O–H groups in total.